The van der Waals surface area contributed by atoms with Gasteiger partial charge in [-0.05, 0) is 44.1 Å². The number of hydrogen-bond donors (Lipinski definition) is 1. The lowest BCUT2D eigenvalue weighted by atomic mass is 10.1. The Labute approximate surface area is 120 Å². The number of aliphatic carboxylic acids is 1. The van der Waals surface area contributed by atoms with E-state index in [9.17, 15) is 4.79 Å². The molecular weight excluding hydrogens is 266 g/mol. The number of ether oxygens (including phenoxy) is 1. The van der Waals surface area contributed by atoms with Gasteiger partial charge < -0.3 is 14.7 Å². The van der Waals surface area contributed by atoms with E-state index in [0.29, 0.717) is 6.54 Å². The number of benzene rings is 1. The Hall–Kier alpha value is -1.26. The van der Waals surface area contributed by atoms with Gasteiger partial charge in [0.1, 0.15) is 5.75 Å². The quantitative estimate of drug-likeness (QED) is 0.798. The van der Waals surface area contributed by atoms with Crippen molar-refractivity contribution in [1.82, 2.24) is 4.90 Å². The number of rotatable bonds is 8. The Morgan fingerprint density at radius 1 is 1.37 bits per heavy atom. The summed E-state index contributed by atoms with van der Waals surface area (Å²) >= 11 is 0. The summed E-state index contributed by atoms with van der Waals surface area (Å²) in [5.74, 6) is 0.140. The van der Waals surface area contributed by atoms with Crippen LogP contribution < -0.4 is 4.74 Å². The smallest absolute Gasteiger partial charge is 0.304 e. The van der Waals surface area contributed by atoms with E-state index in [0.717, 1.165) is 25.1 Å². The Morgan fingerprint density at radius 3 is 2.74 bits per heavy atom. The molecule has 0 aliphatic carbocycles. The van der Waals surface area contributed by atoms with Gasteiger partial charge in [-0.25, -0.2) is 0 Å². The molecule has 0 saturated heterocycles. The van der Waals surface area contributed by atoms with Crippen LogP contribution in [0.3, 0.4) is 0 Å². The third-order valence-corrected chi connectivity index (χ3v) is 2.85. The van der Waals surface area contributed by atoms with Gasteiger partial charge in [0.25, 0.3) is 0 Å². The minimum absolute atomic E-state index is 0. The average Bonchev–Trinajstić information content (AvgIpc) is 2.36. The molecule has 1 aromatic rings. The van der Waals surface area contributed by atoms with Crippen LogP contribution in [0.1, 0.15) is 18.4 Å². The van der Waals surface area contributed by atoms with Gasteiger partial charge >= 0.3 is 5.97 Å². The van der Waals surface area contributed by atoms with Gasteiger partial charge in [0, 0.05) is 6.54 Å². The summed E-state index contributed by atoms with van der Waals surface area (Å²) in [7, 11) is 3.62. The SMILES string of the molecule is COc1cccc(CCCN(C)CCC(=O)O)c1.Cl. The van der Waals surface area contributed by atoms with Crippen molar-refractivity contribution in [3.05, 3.63) is 29.8 Å². The minimum atomic E-state index is -0.741. The van der Waals surface area contributed by atoms with Gasteiger partial charge in [-0.15, -0.1) is 12.4 Å². The molecule has 0 fully saturated rings. The number of aryl methyl sites for hydroxylation is 1. The van der Waals surface area contributed by atoms with Gasteiger partial charge in [0.15, 0.2) is 0 Å². The van der Waals surface area contributed by atoms with Crippen molar-refractivity contribution in [3.8, 4) is 5.75 Å². The fourth-order valence-corrected chi connectivity index (χ4v) is 1.78. The maximum Gasteiger partial charge on any atom is 0.304 e. The van der Waals surface area contributed by atoms with Crippen molar-refractivity contribution in [2.75, 3.05) is 27.2 Å². The second kappa shape index (κ2) is 9.64. The molecule has 0 aromatic heterocycles. The highest BCUT2D eigenvalue weighted by Gasteiger charge is 2.02. The first-order chi connectivity index (χ1) is 8.61. The molecule has 19 heavy (non-hydrogen) atoms. The Bertz CT molecular complexity index is 385. The molecule has 0 unspecified atom stereocenters. The van der Waals surface area contributed by atoms with Crippen LogP contribution in [0.2, 0.25) is 0 Å². The molecule has 0 amide bonds. The average molecular weight is 288 g/mol. The van der Waals surface area contributed by atoms with E-state index in [-0.39, 0.29) is 18.8 Å². The van der Waals surface area contributed by atoms with E-state index in [1.54, 1.807) is 7.11 Å². The number of halogens is 1. The van der Waals surface area contributed by atoms with Crippen LogP contribution in [0.25, 0.3) is 0 Å². The maximum atomic E-state index is 10.4. The first-order valence-corrected chi connectivity index (χ1v) is 6.15. The van der Waals surface area contributed by atoms with E-state index in [1.165, 1.54) is 5.56 Å². The van der Waals surface area contributed by atoms with E-state index in [1.807, 2.05) is 30.1 Å². The summed E-state index contributed by atoms with van der Waals surface area (Å²) in [6, 6.07) is 8.04. The lowest BCUT2D eigenvalue weighted by Gasteiger charge is -2.15. The topological polar surface area (TPSA) is 49.8 Å². The summed E-state index contributed by atoms with van der Waals surface area (Å²) < 4.78 is 5.17. The van der Waals surface area contributed by atoms with Crippen LogP contribution in [-0.2, 0) is 11.2 Å². The van der Waals surface area contributed by atoms with Gasteiger partial charge in [0.2, 0.25) is 0 Å². The summed E-state index contributed by atoms with van der Waals surface area (Å²) in [6.45, 7) is 1.51. The fourth-order valence-electron chi connectivity index (χ4n) is 1.78. The minimum Gasteiger partial charge on any atom is -0.497 e. The van der Waals surface area contributed by atoms with Gasteiger partial charge in [-0.1, -0.05) is 12.1 Å². The zero-order valence-corrected chi connectivity index (χ0v) is 12.3. The van der Waals surface area contributed by atoms with E-state index in [2.05, 4.69) is 6.07 Å². The molecule has 0 atom stereocenters. The highest BCUT2D eigenvalue weighted by atomic mass is 35.5. The first-order valence-electron chi connectivity index (χ1n) is 6.15. The van der Waals surface area contributed by atoms with E-state index >= 15 is 0 Å². The molecule has 0 radical (unpaired) electrons. The lowest BCUT2D eigenvalue weighted by molar-refractivity contribution is -0.137. The largest absolute Gasteiger partial charge is 0.497 e. The third kappa shape index (κ3) is 7.70. The molecule has 5 heteroatoms. The molecule has 4 nitrogen and oxygen atoms in total. The second-order valence-electron chi connectivity index (χ2n) is 4.40. The molecule has 1 aromatic carbocycles. The van der Waals surface area contributed by atoms with Crippen LogP contribution in [0.15, 0.2) is 24.3 Å². The zero-order valence-electron chi connectivity index (χ0n) is 11.5. The summed E-state index contributed by atoms with van der Waals surface area (Å²) in [5, 5.41) is 8.58. The maximum absolute atomic E-state index is 10.4. The van der Waals surface area contributed by atoms with Crippen molar-refractivity contribution in [3.63, 3.8) is 0 Å². The molecule has 1 rings (SSSR count). The molecule has 108 valence electrons. The third-order valence-electron chi connectivity index (χ3n) is 2.85. The number of carboxylic acids is 1. The number of carbonyl (C=O) groups is 1. The molecular formula is C14H22ClNO3. The predicted octanol–water partition coefficient (Wildman–Crippen LogP) is 2.46. The van der Waals surface area contributed by atoms with E-state index < -0.39 is 5.97 Å². The highest BCUT2D eigenvalue weighted by molar-refractivity contribution is 5.85. The van der Waals surface area contributed by atoms with Crippen LogP contribution in [0.5, 0.6) is 5.75 Å². The normalized spacial score (nSPS) is 10.1. The Balaban J connectivity index is 0.00000324. The van der Waals surface area contributed by atoms with Crippen molar-refractivity contribution < 1.29 is 14.6 Å². The van der Waals surface area contributed by atoms with Crippen molar-refractivity contribution in [1.29, 1.82) is 0 Å². The van der Waals surface area contributed by atoms with Gasteiger partial charge in [-0.2, -0.15) is 0 Å². The zero-order chi connectivity index (χ0) is 13.4. The van der Waals surface area contributed by atoms with Crippen LogP contribution in [0.4, 0.5) is 0 Å². The van der Waals surface area contributed by atoms with Gasteiger partial charge in [0.05, 0.1) is 13.5 Å². The molecule has 0 aliphatic rings. The number of methoxy groups -OCH3 is 1. The fraction of sp³-hybridized carbons (Fsp3) is 0.500. The Kier molecular flexibility index (Phi) is 9.00. The van der Waals surface area contributed by atoms with Crippen molar-refractivity contribution in [2.45, 2.75) is 19.3 Å². The molecule has 0 heterocycles. The second-order valence-corrected chi connectivity index (χ2v) is 4.40. The van der Waals surface area contributed by atoms with Crippen molar-refractivity contribution in [2.24, 2.45) is 0 Å². The van der Waals surface area contributed by atoms with Crippen LogP contribution in [-0.4, -0.2) is 43.2 Å². The molecule has 1 N–H and O–H groups in total. The van der Waals surface area contributed by atoms with Crippen LogP contribution in [0, 0.1) is 0 Å². The number of carboxylic acid groups (broad SMARTS) is 1. The van der Waals surface area contributed by atoms with Gasteiger partial charge in [-0.3, -0.25) is 4.79 Å². The predicted molar refractivity (Wildman–Crippen MR) is 78.3 cm³/mol. The molecule has 0 bridgehead atoms. The summed E-state index contributed by atoms with van der Waals surface area (Å²) in [5.41, 5.74) is 1.25. The number of nitrogens with zero attached hydrogens (tertiary/aromatic N) is 1. The van der Waals surface area contributed by atoms with Crippen LogP contribution >= 0.6 is 12.4 Å². The monoisotopic (exact) mass is 287 g/mol. The first kappa shape index (κ1) is 17.7. The molecule has 0 spiro atoms. The van der Waals surface area contributed by atoms with Crippen molar-refractivity contribution >= 4 is 18.4 Å². The summed E-state index contributed by atoms with van der Waals surface area (Å²) in [4.78, 5) is 12.5. The summed E-state index contributed by atoms with van der Waals surface area (Å²) in [6.07, 6.45) is 2.20. The number of hydrogen-bond acceptors (Lipinski definition) is 3. The molecule has 0 saturated carbocycles. The molecule has 0 aliphatic heterocycles. The lowest BCUT2D eigenvalue weighted by Crippen LogP contribution is -2.23. The standard InChI is InChI=1S/C14H21NO3.ClH/c1-15(10-8-14(16)17)9-4-6-12-5-3-7-13(11-12)18-2;/h3,5,7,11H,4,6,8-10H2,1-2H3,(H,16,17);1H. The Morgan fingerprint density at radius 2 is 2.11 bits per heavy atom. The highest BCUT2D eigenvalue weighted by Crippen LogP contribution is 2.13. The van der Waals surface area contributed by atoms with E-state index in [4.69, 9.17) is 9.84 Å².